The molecule has 2 aliphatic rings. The molecule has 0 aromatic carbocycles. The fourth-order valence-corrected chi connectivity index (χ4v) is 4.22. The number of nitrogens with zero attached hydrogens (tertiary/aromatic N) is 4. The third-order valence-electron chi connectivity index (χ3n) is 4.66. The predicted molar refractivity (Wildman–Crippen MR) is 106 cm³/mol. The van der Waals surface area contributed by atoms with Gasteiger partial charge in [0.25, 0.3) is 5.91 Å². The topological polar surface area (TPSA) is 90.6 Å². The Kier molecular flexibility index (Phi) is 5.35. The number of amides is 1. The van der Waals surface area contributed by atoms with Crippen LogP contribution in [-0.2, 0) is 0 Å². The number of nitrogens with one attached hydrogen (secondary N) is 1. The van der Waals surface area contributed by atoms with Crippen LogP contribution in [0.5, 0.6) is 5.88 Å². The Morgan fingerprint density at radius 1 is 1.43 bits per heavy atom. The van der Waals surface area contributed by atoms with E-state index in [1.165, 1.54) is 11.3 Å². The van der Waals surface area contributed by atoms with Crippen molar-refractivity contribution in [3.8, 4) is 11.9 Å². The maximum Gasteiger partial charge on any atom is 0.255 e. The van der Waals surface area contributed by atoms with E-state index < -0.39 is 0 Å². The molecule has 2 atom stereocenters. The molecule has 1 saturated heterocycles. The highest BCUT2D eigenvalue weighted by Crippen LogP contribution is 2.28. The molecule has 4 heterocycles. The molecule has 1 amide bonds. The number of likely N-dealkylation sites (tertiary alicyclic amines) is 1. The van der Waals surface area contributed by atoms with Crippen molar-refractivity contribution in [2.45, 2.75) is 25.1 Å². The van der Waals surface area contributed by atoms with Crippen LogP contribution in [0.2, 0.25) is 0 Å². The molecule has 28 heavy (non-hydrogen) atoms. The van der Waals surface area contributed by atoms with Crippen molar-refractivity contribution in [1.82, 2.24) is 15.2 Å². The fraction of sp³-hybridized carbons (Fsp3) is 0.300. The molecule has 142 valence electrons. The SMILES string of the molecule is N#Cc1ccnc(O[C@@H]2CCCN(C(=O)c3ccsc3C3N=CC=CN3)C2)c1. The van der Waals surface area contributed by atoms with Gasteiger partial charge in [0, 0.05) is 25.0 Å². The van der Waals surface area contributed by atoms with Gasteiger partial charge in [-0.3, -0.25) is 9.79 Å². The molecule has 0 saturated carbocycles. The van der Waals surface area contributed by atoms with Crippen LogP contribution < -0.4 is 10.1 Å². The molecule has 4 rings (SSSR count). The number of hydrogen-bond acceptors (Lipinski definition) is 7. The van der Waals surface area contributed by atoms with Gasteiger partial charge in [0.1, 0.15) is 6.10 Å². The average molecular weight is 393 g/mol. The highest BCUT2D eigenvalue weighted by atomic mass is 32.1. The lowest BCUT2D eigenvalue weighted by Gasteiger charge is -2.33. The Bertz CT molecular complexity index is 962. The van der Waals surface area contributed by atoms with E-state index in [2.05, 4.69) is 21.4 Å². The average Bonchev–Trinajstić information content (AvgIpc) is 3.24. The zero-order valence-electron chi connectivity index (χ0n) is 15.1. The standard InChI is InChI=1S/C20H19N5O2S/c21-12-14-4-8-22-17(11-14)27-15-3-1-9-25(13-15)20(26)16-5-10-28-18(16)19-23-6-2-7-24-19/h2,4-8,10-11,15,19,23H,1,3,9,13H2/t15-,19?/m1/s1. The summed E-state index contributed by atoms with van der Waals surface area (Å²) in [5.41, 5.74) is 1.19. The van der Waals surface area contributed by atoms with Gasteiger partial charge in [-0.1, -0.05) is 0 Å². The molecule has 0 bridgehead atoms. The van der Waals surface area contributed by atoms with Crippen molar-refractivity contribution < 1.29 is 9.53 Å². The summed E-state index contributed by atoms with van der Waals surface area (Å²) >= 11 is 1.53. The van der Waals surface area contributed by atoms with Gasteiger partial charge in [-0.05, 0) is 42.6 Å². The summed E-state index contributed by atoms with van der Waals surface area (Å²) in [5, 5.41) is 14.1. The predicted octanol–water partition coefficient (Wildman–Crippen LogP) is 2.88. The summed E-state index contributed by atoms with van der Waals surface area (Å²) in [7, 11) is 0. The molecule has 2 aromatic rings. The summed E-state index contributed by atoms with van der Waals surface area (Å²) < 4.78 is 5.94. The lowest BCUT2D eigenvalue weighted by molar-refractivity contribution is 0.0527. The fourth-order valence-electron chi connectivity index (χ4n) is 3.32. The number of carbonyl (C=O) groups is 1. The van der Waals surface area contributed by atoms with E-state index in [1.807, 2.05) is 28.6 Å². The molecule has 0 aliphatic carbocycles. The number of carbonyl (C=O) groups excluding carboxylic acids is 1. The minimum Gasteiger partial charge on any atom is -0.472 e. The summed E-state index contributed by atoms with van der Waals surface area (Å²) in [6.45, 7) is 1.19. The molecule has 1 fully saturated rings. The molecular formula is C20H19N5O2S. The third-order valence-corrected chi connectivity index (χ3v) is 5.63. The smallest absolute Gasteiger partial charge is 0.255 e. The number of piperidine rings is 1. The number of ether oxygens (including phenoxy) is 1. The molecule has 2 aromatic heterocycles. The van der Waals surface area contributed by atoms with Crippen molar-refractivity contribution in [3.05, 3.63) is 58.1 Å². The number of thiophene rings is 1. The van der Waals surface area contributed by atoms with Crippen molar-refractivity contribution in [3.63, 3.8) is 0 Å². The van der Waals surface area contributed by atoms with Crippen LogP contribution in [0.4, 0.5) is 0 Å². The number of pyridine rings is 1. The molecular weight excluding hydrogens is 374 g/mol. The number of hydrogen-bond donors (Lipinski definition) is 1. The van der Waals surface area contributed by atoms with E-state index in [0.29, 0.717) is 30.1 Å². The van der Waals surface area contributed by atoms with Gasteiger partial charge in [-0.2, -0.15) is 5.26 Å². The molecule has 7 nitrogen and oxygen atoms in total. The highest BCUT2D eigenvalue weighted by Gasteiger charge is 2.29. The number of allylic oxidation sites excluding steroid dienone is 1. The van der Waals surface area contributed by atoms with E-state index in [0.717, 1.165) is 17.7 Å². The lowest BCUT2D eigenvalue weighted by atomic mass is 10.1. The Hall–Kier alpha value is -3.18. The van der Waals surface area contributed by atoms with Crippen LogP contribution in [0.3, 0.4) is 0 Å². The molecule has 1 unspecified atom stereocenters. The van der Waals surface area contributed by atoms with Gasteiger partial charge < -0.3 is 15.0 Å². The summed E-state index contributed by atoms with van der Waals surface area (Å²) in [4.78, 5) is 24.5. The Morgan fingerprint density at radius 3 is 3.18 bits per heavy atom. The van der Waals surface area contributed by atoms with Gasteiger partial charge in [0.2, 0.25) is 5.88 Å². The van der Waals surface area contributed by atoms with Gasteiger partial charge in [0.05, 0.1) is 28.6 Å². The number of aromatic nitrogens is 1. The van der Waals surface area contributed by atoms with Crippen LogP contribution in [0, 0.1) is 11.3 Å². The van der Waals surface area contributed by atoms with Crippen LogP contribution in [-0.4, -0.2) is 41.2 Å². The first-order valence-corrected chi connectivity index (χ1v) is 9.96. The van der Waals surface area contributed by atoms with Gasteiger partial charge in [0.15, 0.2) is 6.17 Å². The summed E-state index contributed by atoms with van der Waals surface area (Å²) in [6.07, 6.45) is 8.29. The van der Waals surface area contributed by atoms with Crippen LogP contribution in [0.1, 0.15) is 39.8 Å². The number of aliphatic imine (C=N–C) groups is 1. The van der Waals surface area contributed by atoms with Crippen LogP contribution in [0.15, 0.2) is 47.0 Å². The van der Waals surface area contributed by atoms with E-state index in [-0.39, 0.29) is 18.2 Å². The maximum absolute atomic E-state index is 13.1. The number of rotatable bonds is 4. The van der Waals surface area contributed by atoms with Crippen molar-refractivity contribution >= 4 is 23.5 Å². The minimum absolute atomic E-state index is 0.00478. The van der Waals surface area contributed by atoms with E-state index in [9.17, 15) is 4.79 Å². The second-order valence-corrected chi connectivity index (χ2v) is 7.50. The second-order valence-electron chi connectivity index (χ2n) is 6.55. The van der Waals surface area contributed by atoms with E-state index in [4.69, 9.17) is 10.00 Å². The van der Waals surface area contributed by atoms with Crippen molar-refractivity contribution in [1.29, 1.82) is 5.26 Å². The van der Waals surface area contributed by atoms with Crippen LogP contribution in [0.25, 0.3) is 0 Å². The first kappa shape index (κ1) is 18.2. The Labute approximate surface area is 167 Å². The van der Waals surface area contributed by atoms with Gasteiger partial charge in [-0.15, -0.1) is 11.3 Å². The normalized spacial score (nSPS) is 21.0. The Morgan fingerprint density at radius 2 is 2.36 bits per heavy atom. The quantitative estimate of drug-likeness (QED) is 0.863. The molecule has 0 spiro atoms. The van der Waals surface area contributed by atoms with Gasteiger partial charge >= 0.3 is 0 Å². The highest BCUT2D eigenvalue weighted by molar-refractivity contribution is 7.10. The van der Waals surface area contributed by atoms with Crippen molar-refractivity contribution in [2.75, 3.05) is 13.1 Å². The lowest BCUT2D eigenvalue weighted by Crippen LogP contribution is -2.44. The Balaban J connectivity index is 1.45. The van der Waals surface area contributed by atoms with Crippen LogP contribution >= 0.6 is 11.3 Å². The zero-order chi connectivity index (χ0) is 19.3. The molecule has 1 N–H and O–H groups in total. The monoisotopic (exact) mass is 393 g/mol. The van der Waals surface area contributed by atoms with E-state index in [1.54, 1.807) is 24.5 Å². The third kappa shape index (κ3) is 3.89. The second kappa shape index (κ2) is 8.23. The zero-order valence-corrected chi connectivity index (χ0v) is 15.9. The minimum atomic E-state index is -0.223. The van der Waals surface area contributed by atoms with E-state index >= 15 is 0 Å². The first-order chi connectivity index (χ1) is 13.7. The molecule has 0 radical (unpaired) electrons. The van der Waals surface area contributed by atoms with Gasteiger partial charge in [-0.25, -0.2) is 4.98 Å². The largest absolute Gasteiger partial charge is 0.472 e. The summed E-state index contributed by atoms with van der Waals surface area (Å²) in [6, 6.07) is 7.20. The molecule has 8 heteroatoms. The summed E-state index contributed by atoms with van der Waals surface area (Å²) in [5.74, 6) is 0.414. The first-order valence-electron chi connectivity index (χ1n) is 9.08. The maximum atomic E-state index is 13.1. The molecule has 2 aliphatic heterocycles. The number of nitriles is 1. The van der Waals surface area contributed by atoms with Crippen molar-refractivity contribution in [2.24, 2.45) is 4.99 Å².